The second kappa shape index (κ2) is 8.82. The zero-order valence-electron chi connectivity index (χ0n) is 14.9. The van der Waals surface area contributed by atoms with Crippen LogP contribution in [0.1, 0.15) is 30.9 Å². The quantitative estimate of drug-likeness (QED) is 0.692. The lowest BCUT2D eigenvalue weighted by Gasteiger charge is -2.11. The van der Waals surface area contributed by atoms with Crippen molar-refractivity contribution in [2.75, 3.05) is 17.7 Å². The number of hydrogen-bond acceptors (Lipinski definition) is 4. The van der Waals surface area contributed by atoms with Crippen molar-refractivity contribution in [1.29, 1.82) is 0 Å². The zero-order chi connectivity index (χ0) is 19.2. The molecule has 0 atom stereocenters. The fourth-order valence-corrected chi connectivity index (χ4v) is 3.41. The van der Waals surface area contributed by atoms with Crippen LogP contribution in [-0.2, 0) is 16.4 Å². The van der Waals surface area contributed by atoms with Crippen LogP contribution in [0.15, 0.2) is 53.4 Å². The highest BCUT2D eigenvalue weighted by Crippen LogP contribution is 2.18. The van der Waals surface area contributed by atoms with Gasteiger partial charge in [0.15, 0.2) is 9.84 Å². The highest BCUT2D eigenvalue weighted by atomic mass is 32.2. The Kier molecular flexibility index (Phi) is 6.76. The van der Waals surface area contributed by atoms with Crippen molar-refractivity contribution in [3.63, 3.8) is 0 Å². The summed E-state index contributed by atoms with van der Waals surface area (Å²) in [6.45, 7) is 4.03. The second-order valence-corrected chi connectivity index (χ2v) is 8.38. The van der Waals surface area contributed by atoms with Crippen molar-refractivity contribution >= 4 is 21.6 Å². The number of sulfone groups is 1. The molecule has 0 aliphatic rings. The molecule has 0 aliphatic heterocycles. The standard InChI is InChI=1S/C19H24N2O4S/c1-14(2)16-4-3-5-17(12-16)21-19(23)20-13-15-6-8-18(9-7-15)26(24,25)11-10-22/h3-9,12,14,22H,10-11,13H2,1-2H3,(H2,20,21,23). The lowest BCUT2D eigenvalue weighted by Crippen LogP contribution is -2.28. The van der Waals surface area contributed by atoms with Crippen molar-refractivity contribution in [2.45, 2.75) is 31.2 Å². The first-order valence-corrected chi connectivity index (χ1v) is 10.0. The number of amides is 2. The Morgan fingerprint density at radius 2 is 1.81 bits per heavy atom. The predicted octanol–water partition coefficient (Wildman–Crippen LogP) is 2.90. The minimum Gasteiger partial charge on any atom is -0.395 e. The topological polar surface area (TPSA) is 95.5 Å². The van der Waals surface area contributed by atoms with E-state index in [2.05, 4.69) is 24.5 Å². The zero-order valence-corrected chi connectivity index (χ0v) is 15.7. The van der Waals surface area contributed by atoms with E-state index in [0.29, 0.717) is 5.92 Å². The number of benzene rings is 2. The maximum atomic E-state index is 12.0. The molecule has 0 unspecified atom stereocenters. The monoisotopic (exact) mass is 376 g/mol. The molecule has 2 aromatic rings. The maximum Gasteiger partial charge on any atom is 0.319 e. The van der Waals surface area contributed by atoms with Crippen LogP contribution in [0.25, 0.3) is 0 Å². The van der Waals surface area contributed by atoms with Crippen LogP contribution in [0.5, 0.6) is 0 Å². The molecule has 0 aliphatic carbocycles. The SMILES string of the molecule is CC(C)c1cccc(NC(=O)NCc2ccc(S(=O)(=O)CCO)cc2)c1. The molecule has 0 fully saturated rings. The van der Waals surface area contributed by atoms with Crippen molar-refractivity contribution in [1.82, 2.24) is 5.32 Å². The van der Waals surface area contributed by atoms with Crippen molar-refractivity contribution in [3.8, 4) is 0 Å². The van der Waals surface area contributed by atoms with E-state index in [-0.39, 0.29) is 23.2 Å². The molecule has 0 saturated carbocycles. The van der Waals surface area contributed by atoms with E-state index in [1.807, 2.05) is 24.3 Å². The number of nitrogens with one attached hydrogen (secondary N) is 2. The lowest BCUT2D eigenvalue weighted by molar-refractivity contribution is 0.251. The summed E-state index contributed by atoms with van der Waals surface area (Å²) in [5, 5.41) is 14.3. The van der Waals surface area contributed by atoms with E-state index in [4.69, 9.17) is 5.11 Å². The van der Waals surface area contributed by atoms with Crippen LogP contribution >= 0.6 is 0 Å². The third-order valence-corrected chi connectivity index (χ3v) is 5.62. The van der Waals surface area contributed by atoms with Crippen LogP contribution in [-0.4, -0.2) is 31.9 Å². The molecule has 0 saturated heterocycles. The van der Waals surface area contributed by atoms with Gasteiger partial charge in [-0.2, -0.15) is 0 Å². The summed E-state index contributed by atoms with van der Waals surface area (Å²) in [6.07, 6.45) is 0. The molecule has 7 heteroatoms. The molecule has 6 nitrogen and oxygen atoms in total. The summed E-state index contributed by atoms with van der Waals surface area (Å²) in [7, 11) is -3.46. The number of aliphatic hydroxyl groups is 1. The van der Waals surface area contributed by atoms with Crippen molar-refractivity contribution in [3.05, 3.63) is 59.7 Å². The fraction of sp³-hybridized carbons (Fsp3) is 0.316. The Morgan fingerprint density at radius 3 is 2.42 bits per heavy atom. The molecule has 140 valence electrons. The summed E-state index contributed by atoms with van der Waals surface area (Å²) < 4.78 is 23.7. The Labute approximate surface area is 154 Å². The van der Waals surface area contributed by atoms with E-state index >= 15 is 0 Å². The average molecular weight is 376 g/mol. The highest BCUT2D eigenvalue weighted by molar-refractivity contribution is 7.91. The number of carbonyl (C=O) groups is 1. The van der Waals surface area contributed by atoms with Crippen LogP contribution in [0.3, 0.4) is 0 Å². The molecule has 2 rings (SSSR count). The molecule has 26 heavy (non-hydrogen) atoms. The Bertz CT molecular complexity index is 846. The summed E-state index contributed by atoms with van der Waals surface area (Å²) >= 11 is 0. The summed E-state index contributed by atoms with van der Waals surface area (Å²) in [5.41, 5.74) is 2.64. The van der Waals surface area contributed by atoms with Gasteiger partial charge < -0.3 is 15.7 Å². The van der Waals surface area contributed by atoms with E-state index in [1.54, 1.807) is 12.1 Å². The van der Waals surface area contributed by atoms with Crippen molar-refractivity contribution < 1.29 is 18.3 Å². The van der Waals surface area contributed by atoms with E-state index in [1.165, 1.54) is 12.1 Å². The third kappa shape index (κ3) is 5.57. The molecule has 0 spiro atoms. The summed E-state index contributed by atoms with van der Waals surface area (Å²) in [4.78, 5) is 12.2. The van der Waals surface area contributed by atoms with Crippen LogP contribution in [0.2, 0.25) is 0 Å². The first-order chi connectivity index (χ1) is 12.3. The normalized spacial score (nSPS) is 11.4. The van der Waals surface area contributed by atoms with Gasteiger partial charge in [0, 0.05) is 12.2 Å². The second-order valence-electron chi connectivity index (χ2n) is 6.27. The molecule has 2 amide bonds. The first kappa shape index (κ1) is 19.9. The average Bonchev–Trinajstić information content (AvgIpc) is 2.60. The van der Waals surface area contributed by atoms with Crippen LogP contribution in [0.4, 0.5) is 10.5 Å². The number of rotatable bonds is 7. The van der Waals surface area contributed by atoms with Gasteiger partial charge in [0.05, 0.1) is 17.3 Å². The minimum atomic E-state index is -3.46. The maximum absolute atomic E-state index is 12.0. The first-order valence-electron chi connectivity index (χ1n) is 8.39. The molecule has 0 radical (unpaired) electrons. The van der Waals surface area contributed by atoms with Crippen molar-refractivity contribution in [2.24, 2.45) is 0 Å². The van der Waals surface area contributed by atoms with Gasteiger partial charge in [0.25, 0.3) is 0 Å². The van der Waals surface area contributed by atoms with Gasteiger partial charge in [-0.1, -0.05) is 38.1 Å². The van der Waals surface area contributed by atoms with E-state index in [0.717, 1.165) is 16.8 Å². The largest absolute Gasteiger partial charge is 0.395 e. The molecule has 2 aromatic carbocycles. The molecule has 0 heterocycles. The van der Waals surface area contributed by atoms with Gasteiger partial charge >= 0.3 is 6.03 Å². The fourth-order valence-electron chi connectivity index (χ4n) is 2.39. The molecular formula is C19H24N2O4S. The molecule has 0 aromatic heterocycles. The minimum absolute atomic E-state index is 0.158. The highest BCUT2D eigenvalue weighted by Gasteiger charge is 2.13. The van der Waals surface area contributed by atoms with E-state index in [9.17, 15) is 13.2 Å². The van der Waals surface area contributed by atoms with Gasteiger partial charge in [0.1, 0.15) is 0 Å². The molecule has 0 bridgehead atoms. The molecular weight excluding hydrogens is 352 g/mol. The predicted molar refractivity (Wildman–Crippen MR) is 102 cm³/mol. The van der Waals surface area contributed by atoms with Gasteiger partial charge in [-0.05, 0) is 41.3 Å². The number of urea groups is 1. The molecule has 3 N–H and O–H groups in total. The van der Waals surface area contributed by atoms with Gasteiger partial charge in [-0.25, -0.2) is 13.2 Å². The Balaban J connectivity index is 1.92. The summed E-state index contributed by atoms with van der Waals surface area (Å²) in [6, 6.07) is 13.6. The third-order valence-electron chi connectivity index (χ3n) is 3.91. The van der Waals surface area contributed by atoms with Gasteiger partial charge in [0.2, 0.25) is 0 Å². The number of hydrogen-bond donors (Lipinski definition) is 3. The Morgan fingerprint density at radius 1 is 1.12 bits per heavy atom. The number of carbonyl (C=O) groups excluding carboxylic acids is 1. The number of aliphatic hydroxyl groups excluding tert-OH is 1. The van der Waals surface area contributed by atoms with Gasteiger partial charge in [-0.3, -0.25) is 0 Å². The van der Waals surface area contributed by atoms with E-state index < -0.39 is 16.4 Å². The Hall–Kier alpha value is -2.38. The van der Waals surface area contributed by atoms with Crippen LogP contribution in [0, 0.1) is 0 Å². The smallest absolute Gasteiger partial charge is 0.319 e. The number of anilines is 1. The van der Waals surface area contributed by atoms with Crippen LogP contribution < -0.4 is 10.6 Å². The van der Waals surface area contributed by atoms with Gasteiger partial charge in [-0.15, -0.1) is 0 Å². The lowest BCUT2D eigenvalue weighted by atomic mass is 10.0. The summed E-state index contributed by atoms with van der Waals surface area (Å²) in [5.74, 6) is 0.0723.